The number of nitrogens with zero attached hydrogens (tertiary/aromatic N) is 1. The number of hydrazine groups is 1. The summed E-state index contributed by atoms with van der Waals surface area (Å²) in [6.07, 6.45) is 2.56. The third kappa shape index (κ3) is 3.29. The van der Waals surface area contributed by atoms with Crippen molar-refractivity contribution in [1.29, 1.82) is 0 Å². The van der Waals surface area contributed by atoms with Gasteiger partial charge in [-0.05, 0) is 48.7 Å². The lowest BCUT2D eigenvalue weighted by atomic mass is 10.0. The second kappa shape index (κ2) is 5.96. The molecular formula is C14H16ClN3. The molecule has 0 amide bonds. The van der Waals surface area contributed by atoms with E-state index in [1.165, 1.54) is 5.56 Å². The average Bonchev–Trinajstić information content (AvgIpc) is 2.36. The molecule has 2 rings (SSSR count). The monoisotopic (exact) mass is 261 g/mol. The number of benzene rings is 1. The Hall–Kier alpha value is -1.42. The average molecular weight is 262 g/mol. The lowest BCUT2D eigenvalue weighted by Crippen LogP contribution is -2.30. The number of aromatic nitrogens is 1. The van der Waals surface area contributed by atoms with Crippen molar-refractivity contribution >= 4 is 11.6 Å². The molecule has 3 N–H and O–H groups in total. The van der Waals surface area contributed by atoms with Crippen molar-refractivity contribution in [3.8, 4) is 0 Å². The third-order valence-electron chi connectivity index (χ3n) is 2.82. The van der Waals surface area contributed by atoms with Crippen LogP contribution in [0.15, 0.2) is 42.6 Å². The SMILES string of the molecule is Cc1ccnc(C(Cc2cccc(Cl)c2)NN)c1. The van der Waals surface area contributed by atoms with E-state index in [0.717, 1.165) is 22.7 Å². The first-order valence-corrected chi connectivity index (χ1v) is 6.20. The lowest BCUT2D eigenvalue weighted by Gasteiger charge is -2.16. The topological polar surface area (TPSA) is 50.9 Å². The number of pyridine rings is 1. The van der Waals surface area contributed by atoms with Crippen molar-refractivity contribution in [3.63, 3.8) is 0 Å². The van der Waals surface area contributed by atoms with Crippen LogP contribution in [0.1, 0.15) is 22.9 Å². The molecule has 0 fully saturated rings. The van der Waals surface area contributed by atoms with Gasteiger partial charge in [0.05, 0.1) is 11.7 Å². The minimum absolute atomic E-state index is 0.0108. The Balaban J connectivity index is 2.19. The van der Waals surface area contributed by atoms with Crippen molar-refractivity contribution in [2.75, 3.05) is 0 Å². The van der Waals surface area contributed by atoms with Gasteiger partial charge in [0.1, 0.15) is 0 Å². The molecule has 3 nitrogen and oxygen atoms in total. The fourth-order valence-corrected chi connectivity index (χ4v) is 2.11. The predicted octanol–water partition coefficient (Wildman–Crippen LogP) is 2.79. The Bertz CT molecular complexity index is 528. The van der Waals surface area contributed by atoms with Crippen molar-refractivity contribution in [2.45, 2.75) is 19.4 Å². The smallest absolute Gasteiger partial charge is 0.0672 e. The van der Waals surface area contributed by atoms with Crippen molar-refractivity contribution < 1.29 is 0 Å². The van der Waals surface area contributed by atoms with E-state index in [4.69, 9.17) is 17.4 Å². The van der Waals surface area contributed by atoms with Gasteiger partial charge in [0, 0.05) is 11.2 Å². The largest absolute Gasteiger partial charge is 0.271 e. The summed E-state index contributed by atoms with van der Waals surface area (Å²) >= 11 is 5.98. The van der Waals surface area contributed by atoms with Crippen LogP contribution in [0.25, 0.3) is 0 Å². The second-order valence-electron chi connectivity index (χ2n) is 4.31. The summed E-state index contributed by atoms with van der Waals surface area (Å²) in [5.74, 6) is 5.62. The van der Waals surface area contributed by atoms with E-state index in [-0.39, 0.29) is 6.04 Å². The second-order valence-corrected chi connectivity index (χ2v) is 4.75. The first-order valence-electron chi connectivity index (χ1n) is 5.82. The van der Waals surface area contributed by atoms with E-state index >= 15 is 0 Å². The highest BCUT2D eigenvalue weighted by Crippen LogP contribution is 2.19. The number of nitrogens with one attached hydrogen (secondary N) is 1. The van der Waals surface area contributed by atoms with Gasteiger partial charge >= 0.3 is 0 Å². The molecule has 0 aliphatic rings. The summed E-state index contributed by atoms with van der Waals surface area (Å²) in [5.41, 5.74) is 6.06. The van der Waals surface area contributed by atoms with Gasteiger partial charge in [-0.1, -0.05) is 23.7 Å². The van der Waals surface area contributed by atoms with Crippen molar-refractivity contribution in [1.82, 2.24) is 10.4 Å². The van der Waals surface area contributed by atoms with E-state index in [1.54, 1.807) is 6.20 Å². The van der Waals surface area contributed by atoms with Crippen LogP contribution in [0.4, 0.5) is 0 Å². The van der Waals surface area contributed by atoms with Crippen LogP contribution in [-0.2, 0) is 6.42 Å². The van der Waals surface area contributed by atoms with E-state index in [0.29, 0.717) is 0 Å². The Kier molecular flexibility index (Phi) is 4.31. The summed E-state index contributed by atoms with van der Waals surface area (Å²) in [5, 5.41) is 0.737. The zero-order valence-corrected chi connectivity index (χ0v) is 11.0. The third-order valence-corrected chi connectivity index (χ3v) is 3.06. The molecule has 18 heavy (non-hydrogen) atoms. The first kappa shape index (κ1) is 13.0. The van der Waals surface area contributed by atoms with Gasteiger partial charge < -0.3 is 0 Å². The molecular weight excluding hydrogens is 246 g/mol. The van der Waals surface area contributed by atoms with Gasteiger partial charge in [-0.15, -0.1) is 0 Å². The quantitative estimate of drug-likeness (QED) is 0.657. The molecule has 0 saturated carbocycles. The molecule has 1 atom stereocenters. The minimum Gasteiger partial charge on any atom is -0.271 e. The molecule has 94 valence electrons. The molecule has 0 spiro atoms. The molecule has 1 aromatic heterocycles. The number of aryl methyl sites for hydroxylation is 1. The first-order chi connectivity index (χ1) is 8.69. The number of nitrogens with two attached hydrogens (primary N) is 1. The lowest BCUT2D eigenvalue weighted by molar-refractivity contribution is 0.538. The molecule has 1 heterocycles. The van der Waals surface area contributed by atoms with Crippen LogP contribution >= 0.6 is 11.6 Å². The normalized spacial score (nSPS) is 12.4. The molecule has 0 saturated heterocycles. The van der Waals surface area contributed by atoms with E-state index in [1.807, 2.05) is 43.3 Å². The Morgan fingerprint density at radius 3 is 2.83 bits per heavy atom. The van der Waals surface area contributed by atoms with Gasteiger partial charge in [0.15, 0.2) is 0 Å². The molecule has 0 bridgehead atoms. The molecule has 1 aromatic carbocycles. The van der Waals surface area contributed by atoms with E-state index in [2.05, 4.69) is 10.4 Å². The van der Waals surface area contributed by atoms with E-state index < -0.39 is 0 Å². The summed E-state index contributed by atoms with van der Waals surface area (Å²) in [6, 6.07) is 11.8. The van der Waals surface area contributed by atoms with Gasteiger partial charge in [-0.25, -0.2) is 0 Å². The summed E-state index contributed by atoms with van der Waals surface area (Å²) < 4.78 is 0. The van der Waals surface area contributed by atoms with Gasteiger partial charge in [0.2, 0.25) is 0 Å². The van der Waals surface area contributed by atoms with Crippen LogP contribution in [0.2, 0.25) is 5.02 Å². The zero-order valence-electron chi connectivity index (χ0n) is 10.2. The van der Waals surface area contributed by atoms with Crippen LogP contribution in [0, 0.1) is 6.92 Å². The van der Waals surface area contributed by atoms with Crippen LogP contribution in [-0.4, -0.2) is 4.98 Å². The minimum atomic E-state index is -0.0108. The highest BCUT2D eigenvalue weighted by atomic mass is 35.5. The number of halogens is 1. The molecule has 0 aliphatic carbocycles. The summed E-state index contributed by atoms with van der Waals surface area (Å²) in [7, 11) is 0. The predicted molar refractivity (Wildman–Crippen MR) is 74.2 cm³/mol. The maximum absolute atomic E-state index is 5.98. The van der Waals surface area contributed by atoms with Crippen molar-refractivity contribution in [3.05, 3.63) is 64.4 Å². The summed E-state index contributed by atoms with van der Waals surface area (Å²) in [6.45, 7) is 2.04. The fourth-order valence-electron chi connectivity index (χ4n) is 1.90. The molecule has 1 unspecified atom stereocenters. The standard InChI is InChI=1S/C14H16ClN3/c1-10-5-6-17-13(7-10)14(18-16)9-11-3-2-4-12(15)8-11/h2-8,14,18H,9,16H2,1H3. The summed E-state index contributed by atoms with van der Waals surface area (Å²) in [4.78, 5) is 4.35. The molecule has 0 aliphatic heterocycles. The van der Waals surface area contributed by atoms with Crippen LogP contribution in [0.5, 0.6) is 0 Å². The maximum Gasteiger partial charge on any atom is 0.0672 e. The Labute approximate surface area is 112 Å². The maximum atomic E-state index is 5.98. The zero-order chi connectivity index (χ0) is 13.0. The number of rotatable bonds is 4. The number of hydrogen-bond acceptors (Lipinski definition) is 3. The molecule has 0 radical (unpaired) electrons. The van der Waals surface area contributed by atoms with Crippen LogP contribution < -0.4 is 11.3 Å². The Morgan fingerprint density at radius 2 is 2.17 bits per heavy atom. The van der Waals surface area contributed by atoms with Gasteiger partial charge in [-0.2, -0.15) is 0 Å². The van der Waals surface area contributed by atoms with Gasteiger partial charge in [-0.3, -0.25) is 16.3 Å². The number of hydrogen-bond donors (Lipinski definition) is 2. The highest BCUT2D eigenvalue weighted by molar-refractivity contribution is 6.30. The molecule has 4 heteroatoms. The van der Waals surface area contributed by atoms with Gasteiger partial charge in [0.25, 0.3) is 0 Å². The van der Waals surface area contributed by atoms with Crippen molar-refractivity contribution in [2.24, 2.45) is 5.84 Å². The van der Waals surface area contributed by atoms with Crippen LogP contribution in [0.3, 0.4) is 0 Å². The highest BCUT2D eigenvalue weighted by Gasteiger charge is 2.12. The Morgan fingerprint density at radius 1 is 1.33 bits per heavy atom. The molecule has 2 aromatic rings. The van der Waals surface area contributed by atoms with E-state index in [9.17, 15) is 0 Å². The fraction of sp³-hybridized carbons (Fsp3) is 0.214.